The van der Waals surface area contributed by atoms with Crippen molar-refractivity contribution >= 4 is 11.7 Å². The summed E-state index contributed by atoms with van der Waals surface area (Å²) in [6.07, 6.45) is 0. The number of hydrogen-bond acceptors (Lipinski definition) is 3. The molecule has 0 radical (unpaired) electrons. The third kappa shape index (κ3) is 5.21. The highest BCUT2D eigenvalue weighted by atomic mass is 16.5. The normalized spacial score (nSPS) is 10.3. The number of carbonyl (C=O) groups excluding carboxylic acids is 1. The van der Waals surface area contributed by atoms with Crippen molar-refractivity contribution in [1.29, 1.82) is 5.26 Å². The first-order valence-corrected chi connectivity index (χ1v) is 5.60. The van der Waals surface area contributed by atoms with E-state index in [9.17, 15) is 4.79 Å². The minimum Gasteiger partial charge on any atom is -0.479 e. The second-order valence-corrected chi connectivity index (χ2v) is 4.80. The summed E-state index contributed by atoms with van der Waals surface area (Å²) < 4.78 is 5.11. The predicted molar refractivity (Wildman–Crippen MR) is 69.5 cm³/mol. The van der Waals surface area contributed by atoms with Crippen molar-refractivity contribution in [3.05, 3.63) is 24.3 Å². The molecule has 0 aliphatic rings. The zero-order valence-electron chi connectivity index (χ0n) is 10.8. The van der Waals surface area contributed by atoms with Gasteiger partial charge in [-0.2, -0.15) is 5.26 Å². The van der Waals surface area contributed by atoms with E-state index >= 15 is 0 Å². The molecular weight excluding hydrogens is 230 g/mol. The lowest BCUT2D eigenvalue weighted by atomic mass is 10.1. The highest BCUT2D eigenvalue weighted by molar-refractivity contribution is 5.89. The SMILES string of the molecule is CC(C)(C)NC(=O)Nc1ccc(OCC#N)cc1. The molecule has 5 heteroatoms. The summed E-state index contributed by atoms with van der Waals surface area (Å²) >= 11 is 0. The molecule has 1 aromatic rings. The van der Waals surface area contributed by atoms with Crippen molar-refractivity contribution in [1.82, 2.24) is 5.32 Å². The van der Waals surface area contributed by atoms with Crippen LogP contribution in [0.1, 0.15) is 20.8 Å². The Bertz CT molecular complexity index is 441. The van der Waals surface area contributed by atoms with E-state index < -0.39 is 0 Å². The van der Waals surface area contributed by atoms with Crippen molar-refractivity contribution < 1.29 is 9.53 Å². The van der Waals surface area contributed by atoms with Crippen LogP contribution in [0.3, 0.4) is 0 Å². The minimum absolute atomic E-state index is 0.0112. The lowest BCUT2D eigenvalue weighted by Crippen LogP contribution is -2.43. The Balaban J connectivity index is 2.54. The van der Waals surface area contributed by atoms with Gasteiger partial charge in [-0.3, -0.25) is 0 Å². The molecule has 2 amide bonds. The largest absolute Gasteiger partial charge is 0.479 e. The third-order valence-corrected chi connectivity index (χ3v) is 1.90. The fourth-order valence-corrected chi connectivity index (χ4v) is 1.25. The lowest BCUT2D eigenvalue weighted by molar-refractivity contribution is 0.244. The first-order valence-electron chi connectivity index (χ1n) is 5.60. The number of nitrogens with one attached hydrogen (secondary N) is 2. The maximum absolute atomic E-state index is 11.6. The molecule has 0 aliphatic heterocycles. The Kier molecular flexibility index (Phi) is 4.55. The molecule has 96 valence electrons. The Morgan fingerprint density at radius 1 is 1.33 bits per heavy atom. The maximum atomic E-state index is 11.6. The molecule has 0 unspecified atom stereocenters. The quantitative estimate of drug-likeness (QED) is 0.861. The molecule has 2 N–H and O–H groups in total. The number of rotatable bonds is 3. The van der Waals surface area contributed by atoms with Gasteiger partial charge in [0.05, 0.1) is 0 Å². The van der Waals surface area contributed by atoms with Crippen LogP contribution in [-0.4, -0.2) is 18.2 Å². The lowest BCUT2D eigenvalue weighted by Gasteiger charge is -2.20. The molecule has 0 aromatic heterocycles. The van der Waals surface area contributed by atoms with Gasteiger partial charge in [0.15, 0.2) is 6.61 Å². The Labute approximate surface area is 107 Å². The van der Waals surface area contributed by atoms with Crippen molar-refractivity contribution in [2.75, 3.05) is 11.9 Å². The molecule has 0 spiro atoms. The highest BCUT2D eigenvalue weighted by Crippen LogP contribution is 2.15. The van der Waals surface area contributed by atoms with E-state index in [0.29, 0.717) is 11.4 Å². The van der Waals surface area contributed by atoms with Gasteiger partial charge < -0.3 is 15.4 Å². The van der Waals surface area contributed by atoms with E-state index in [0.717, 1.165) is 0 Å². The van der Waals surface area contributed by atoms with E-state index in [2.05, 4.69) is 10.6 Å². The number of urea groups is 1. The summed E-state index contributed by atoms with van der Waals surface area (Å²) in [4.78, 5) is 11.6. The van der Waals surface area contributed by atoms with Gasteiger partial charge in [0.1, 0.15) is 11.8 Å². The van der Waals surface area contributed by atoms with Gasteiger partial charge in [-0.1, -0.05) is 0 Å². The van der Waals surface area contributed by atoms with Gasteiger partial charge in [0, 0.05) is 11.2 Å². The van der Waals surface area contributed by atoms with Crippen molar-refractivity contribution in [3.63, 3.8) is 0 Å². The van der Waals surface area contributed by atoms with Crippen LogP contribution in [0.2, 0.25) is 0 Å². The standard InChI is InChI=1S/C13H17N3O2/c1-13(2,3)16-12(17)15-10-4-6-11(7-5-10)18-9-8-14/h4-7H,9H2,1-3H3,(H2,15,16,17). The smallest absolute Gasteiger partial charge is 0.319 e. The van der Waals surface area contributed by atoms with Crippen LogP contribution >= 0.6 is 0 Å². The Morgan fingerprint density at radius 3 is 2.44 bits per heavy atom. The highest BCUT2D eigenvalue weighted by Gasteiger charge is 2.13. The van der Waals surface area contributed by atoms with Crippen LogP contribution in [-0.2, 0) is 0 Å². The fraction of sp³-hybridized carbons (Fsp3) is 0.385. The fourth-order valence-electron chi connectivity index (χ4n) is 1.25. The number of nitriles is 1. The number of carbonyl (C=O) groups is 1. The zero-order chi connectivity index (χ0) is 13.6. The number of hydrogen-bond donors (Lipinski definition) is 2. The van der Waals surface area contributed by atoms with Gasteiger partial charge in [-0.25, -0.2) is 4.79 Å². The minimum atomic E-state index is -0.278. The summed E-state index contributed by atoms with van der Waals surface area (Å²) in [5.74, 6) is 0.596. The summed E-state index contributed by atoms with van der Waals surface area (Å²) in [7, 11) is 0. The number of anilines is 1. The molecule has 18 heavy (non-hydrogen) atoms. The van der Waals surface area contributed by atoms with Gasteiger partial charge in [0.2, 0.25) is 0 Å². The molecule has 1 rings (SSSR count). The number of amides is 2. The zero-order valence-corrected chi connectivity index (χ0v) is 10.8. The summed E-state index contributed by atoms with van der Waals surface area (Å²) in [5, 5.41) is 13.9. The maximum Gasteiger partial charge on any atom is 0.319 e. The average molecular weight is 247 g/mol. The van der Waals surface area contributed by atoms with Crippen LogP contribution in [0.4, 0.5) is 10.5 Å². The van der Waals surface area contributed by atoms with Crippen LogP contribution in [0.5, 0.6) is 5.75 Å². The number of nitrogens with zero attached hydrogens (tertiary/aromatic N) is 1. The first kappa shape index (κ1) is 13.8. The topological polar surface area (TPSA) is 74.2 Å². The van der Waals surface area contributed by atoms with E-state index in [1.54, 1.807) is 24.3 Å². The molecule has 0 bridgehead atoms. The molecule has 0 saturated carbocycles. The Hall–Kier alpha value is -2.22. The van der Waals surface area contributed by atoms with Crippen molar-refractivity contribution in [3.8, 4) is 11.8 Å². The predicted octanol–water partition coefficient (Wildman–Crippen LogP) is 2.51. The summed E-state index contributed by atoms with van der Waals surface area (Å²) in [6.45, 7) is 5.74. The summed E-state index contributed by atoms with van der Waals surface area (Å²) in [5.41, 5.74) is 0.390. The first-order chi connectivity index (χ1) is 8.40. The number of benzene rings is 1. The molecule has 1 aromatic carbocycles. The van der Waals surface area contributed by atoms with E-state index in [1.807, 2.05) is 26.8 Å². The second-order valence-electron chi connectivity index (χ2n) is 4.80. The van der Waals surface area contributed by atoms with Gasteiger partial charge in [-0.15, -0.1) is 0 Å². The van der Waals surface area contributed by atoms with Crippen molar-refractivity contribution in [2.24, 2.45) is 0 Å². The second kappa shape index (κ2) is 5.92. The van der Waals surface area contributed by atoms with Crippen LogP contribution in [0.25, 0.3) is 0 Å². The van der Waals surface area contributed by atoms with E-state index in [4.69, 9.17) is 10.00 Å². The molecule has 0 aliphatic carbocycles. The van der Waals surface area contributed by atoms with Crippen LogP contribution in [0, 0.1) is 11.3 Å². The number of ether oxygens (including phenoxy) is 1. The van der Waals surface area contributed by atoms with Crippen molar-refractivity contribution in [2.45, 2.75) is 26.3 Å². The van der Waals surface area contributed by atoms with Crippen LogP contribution in [0.15, 0.2) is 24.3 Å². The van der Waals surface area contributed by atoms with Gasteiger partial charge in [0.25, 0.3) is 0 Å². The molecule has 0 saturated heterocycles. The molecule has 5 nitrogen and oxygen atoms in total. The van der Waals surface area contributed by atoms with E-state index in [-0.39, 0.29) is 18.2 Å². The van der Waals surface area contributed by atoms with Gasteiger partial charge >= 0.3 is 6.03 Å². The van der Waals surface area contributed by atoms with E-state index in [1.165, 1.54) is 0 Å². The Morgan fingerprint density at radius 2 is 1.94 bits per heavy atom. The molecule has 0 fully saturated rings. The monoisotopic (exact) mass is 247 g/mol. The molecular formula is C13H17N3O2. The molecule has 0 atom stereocenters. The summed E-state index contributed by atoms with van der Waals surface area (Å²) in [6, 6.07) is 8.46. The third-order valence-electron chi connectivity index (χ3n) is 1.90. The van der Waals surface area contributed by atoms with Crippen LogP contribution < -0.4 is 15.4 Å². The average Bonchev–Trinajstić information content (AvgIpc) is 2.25. The van der Waals surface area contributed by atoms with Gasteiger partial charge in [-0.05, 0) is 45.0 Å². The molecule has 0 heterocycles.